The van der Waals surface area contributed by atoms with Crippen LogP contribution in [0.15, 0.2) is 30.3 Å². The maximum absolute atomic E-state index is 11.6. The topological polar surface area (TPSA) is 103 Å². The van der Waals surface area contributed by atoms with Crippen molar-refractivity contribution in [2.45, 2.75) is 6.04 Å². The Labute approximate surface area is 120 Å². The number of hydrogen-bond acceptors (Lipinski definition) is 6. The van der Waals surface area contributed by atoms with Crippen molar-refractivity contribution in [2.24, 2.45) is 5.73 Å². The molecule has 0 saturated heterocycles. The molecular weight excluding hydrogens is 282 g/mol. The monoisotopic (exact) mass is 293 g/mol. The molecule has 1 unspecified atom stereocenters. The predicted molar refractivity (Wildman–Crippen MR) is 73.4 cm³/mol. The summed E-state index contributed by atoms with van der Waals surface area (Å²) < 4.78 is 4.88. The zero-order valence-corrected chi connectivity index (χ0v) is 11.3. The van der Waals surface area contributed by atoms with Crippen LogP contribution in [-0.2, 0) is 4.79 Å². The number of methoxy groups -OCH3 is 1. The van der Waals surface area contributed by atoms with Gasteiger partial charge in [-0.05, 0) is 17.2 Å². The molecule has 0 spiro atoms. The minimum Gasteiger partial charge on any atom is -0.467 e. The van der Waals surface area contributed by atoms with Crippen molar-refractivity contribution >= 4 is 23.5 Å². The third-order valence-corrected chi connectivity index (χ3v) is 2.63. The summed E-state index contributed by atoms with van der Waals surface area (Å²) in [5.41, 5.74) is 6.08. The SMILES string of the molecule is COc1nc(Cl)nc(NC(C(N)=O)c2ccccc2)n1. The molecule has 0 aliphatic carbocycles. The minimum atomic E-state index is -0.778. The van der Waals surface area contributed by atoms with Gasteiger partial charge in [0, 0.05) is 0 Å². The van der Waals surface area contributed by atoms with E-state index in [1.54, 1.807) is 24.3 Å². The van der Waals surface area contributed by atoms with E-state index in [1.165, 1.54) is 7.11 Å². The highest BCUT2D eigenvalue weighted by Gasteiger charge is 2.19. The number of benzene rings is 1. The Hall–Kier alpha value is -2.41. The molecule has 0 radical (unpaired) electrons. The minimum absolute atomic E-state index is 0.0452. The van der Waals surface area contributed by atoms with E-state index >= 15 is 0 Å². The summed E-state index contributed by atoms with van der Waals surface area (Å²) in [6, 6.07) is 8.24. The third kappa shape index (κ3) is 3.33. The van der Waals surface area contributed by atoms with Crippen LogP contribution in [0, 0.1) is 0 Å². The highest BCUT2D eigenvalue weighted by atomic mass is 35.5. The molecule has 1 aromatic carbocycles. The van der Waals surface area contributed by atoms with Crippen LogP contribution in [0.3, 0.4) is 0 Å². The lowest BCUT2D eigenvalue weighted by atomic mass is 10.1. The summed E-state index contributed by atoms with van der Waals surface area (Å²) in [7, 11) is 1.40. The predicted octanol–water partition coefficient (Wildman–Crippen LogP) is 1.17. The number of ether oxygens (including phenoxy) is 1. The number of carbonyl (C=O) groups excluding carboxylic acids is 1. The van der Waals surface area contributed by atoms with E-state index < -0.39 is 11.9 Å². The number of hydrogen-bond donors (Lipinski definition) is 2. The van der Waals surface area contributed by atoms with Crippen LogP contribution in [0.4, 0.5) is 5.95 Å². The first-order valence-corrected chi connectivity index (χ1v) is 6.04. The number of anilines is 1. The molecule has 20 heavy (non-hydrogen) atoms. The lowest BCUT2D eigenvalue weighted by Crippen LogP contribution is -2.28. The van der Waals surface area contributed by atoms with Gasteiger partial charge in [-0.25, -0.2) is 0 Å². The largest absolute Gasteiger partial charge is 0.467 e. The Morgan fingerprint density at radius 1 is 1.30 bits per heavy atom. The van der Waals surface area contributed by atoms with E-state index in [2.05, 4.69) is 20.3 Å². The Kier molecular flexibility index (Phi) is 4.31. The molecule has 0 aliphatic rings. The first-order chi connectivity index (χ1) is 9.60. The molecule has 0 aliphatic heterocycles. The fourth-order valence-corrected chi connectivity index (χ4v) is 1.73. The van der Waals surface area contributed by atoms with Gasteiger partial charge in [-0.2, -0.15) is 15.0 Å². The lowest BCUT2D eigenvalue weighted by molar-refractivity contribution is -0.118. The fraction of sp³-hybridized carbons (Fsp3) is 0.167. The average Bonchev–Trinajstić information content (AvgIpc) is 2.44. The molecule has 7 nitrogen and oxygen atoms in total. The zero-order chi connectivity index (χ0) is 14.5. The highest BCUT2D eigenvalue weighted by molar-refractivity contribution is 6.28. The van der Waals surface area contributed by atoms with Gasteiger partial charge in [0.2, 0.25) is 17.1 Å². The maximum Gasteiger partial charge on any atom is 0.322 e. The summed E-state index contributed by atoms with van der Waals surface area (Å²) in [6.07, 6.45) is 0. The van der Waals surface area contributed by atoms with Gasteiger partial charge in [0.15, 0.2) is 0 Å². The lowest BCUT2D eigenvalue weighted by Gasteiger charge is -2.15. The normalized spacial score (nSPS) is 11.7. The van der Waals surface area contributed by atoms with E-state index in [0.717, 1.165) is 0 Å². The number of nitrogens with zero attached hydrogens (tertiary/aromatic N) is 3. The molecule has 1 atom stereocenters. The summed E-state index contributed by atoms with van der Waals surface area (Å²) in [5.74, 6) is -0.457. The number of nitrogens with two attached hydrogens (primary N) is 1. The van der Waals surface area contributed by atoms with Crippen molar-refractivity contribution in [1.82, 2.24) is 15.0 Å². The second kappa shape index (κ2) is 6.16. The van der Waals surface area contributed by atoms with Crippen molar-refractivity contribution < 1.29 is 9.53 Å². The Morgan fingerprint density at radius 2 is 2.00 bits per heavy atom. The van der Waals surface area contributed by atoms with Crippen molar-refractivity contribution in [2.75, 3.05) is 12.4 Å². The van der Waals surface area contributed by atoms with Crippen LogP contribution in [0.2, 0.25) is 5.28 Å². The highest BCUT2D eigenvalue weighted by Crippen LogP contribution is 2.19. The van der Waals surface area contributed by atoms with Gasteiger partial charge < -0.3 is 15.8 Å². The van der Waals surface area contributed by atoms with Gasteiger partial charge in [-0.1, -0.05) is 30.3 Å². The number of aromatic nitrogens is 3. The molecule has 2 aromatic rings. The number of amides is 1. The smallest absolute Gasteiger partial charge is 0.322 e. The molecule has 3 N–H and O–H groups in total. The van der Waals surface area contributed by atoms with Crippen LogP contribution >= 0.6 is 11.6 Å². The quantitative estimate of drug-likeness (QED) is 0.858. The number of halogens is 1. The molecule has 0 fully saturated rings. The van der Waals surface area contributed by atoms with E-state index in [0.29, 0.717) is 5.56 Å². The molecule has 1 amide bonds. The zero-order valence-electron chi connectivity index (χ0n) is 10.6. The van der Waals surface area contributed by atoms with Gasteiger partial charge in [0.05, 0.1) is 7.11 Å². The van der Waals surface area contributed by atoms with Crippen molar-refractivity contribution in [3.05, 3.63) is 41.2 Å². The third-order valence-electron chi connectivity index (χ3n) is 2.46. The fourth-order valence-electron chi connectivity index (χ4n) is 1.58. The number of nitrogens with one attached hydrogen (secondary N) is 1. The van der Waals surface area contributed by atoms with Crippen molar-refractivity contribution in [3.63, 3.8) is 0 Å². The van der Waals surface area contributed by atoms with E-state index in [1.807, 2.05) is 6.07 Å². The molecule has 0 bridgehead atoms. The van der Waals surface area contributed by atoms with Crippen LogP contribution in [0.5, 0.6) is 6.01 Å². The molecular formula is C12H12ClN5O2. The summed E-state index contributed by atoms with van der Waals surface area (Å²) >= 11 is 5.74. The van der Waals surface area contributed by atoms with Crippen molar-refractivity contribution in [1.29, 1.82) is 0 Å². The van der Waals surface area contributed by atoms with Gasteiger partial charge in [-0.3, -0.25) is 4.79 Å². The second-order valence-corrected chi connectivity index (χ2v) is 4.14. The van der Waals surface area contributed by atoms with E-state index in [-0.39, 0.29) is 17.2 Å². The van der Waals surface area contributed by atoms with E-state index in [4.69, 9.17) is 22.1 Å². The standard InChI is InChI=1S/C12H12ClN5O2/c1-20-12-17-10(13)16-11(18-12)15-8(9(14)19)7-5-3-2-4-6-7/h2-6,8H,1H3,(H2,14,19)(H,15,16,17,18). The Balaban J connectivity index is 2.29. The summed E-state index contributed by atoms with van der Waals surface area (Å²) in [6.45, 7) is 0. The van der Waals surface area contributed by atoms with Gasteiger partial charge >= 0.3 is 6.01 Å². The molecule has 1 heterocycles. The maximum atomic E-state index is 11.6. The van der Waals surface area contributed by atoms with Crippen LogP contribution in [0.1, 0.15) is 11.6 Å². The second-order valence-electron chi connectivity index (χ2n) is 3.81. The molecule has 8 heteroatoms. The number of primary amides is 1. The summed E-state index contributed by atoms with van der Waals surface area (Å²) in [5, 5.41) is 2.76. The molecule has 2 rings (SSSR count). The first kappa shape index (κ1) is 14.0. The number of rotatable bonds is 5. The van der Waals surface area contributed by atoms with Gasteiger partial charge in [0.1, 0.15) is 6.04 Å². The summed E-state index contributed by atoms with van der Waals surface area (Å²) in [4.78, 5) is 23.1. The first-order valence-electron chi connectivity index (χ1n) is 5.66. The number of carbonyl (C=O) groups is 1. The van der Waals surface area contributed by atoms with Gasteiger partial charge in [-0.15, -0.1) is 0 Å². The molecule has 1 aromatic heterocycles. The van der Waals surface area contributed by atoms with Crippen molar-refractivity contribution in [3.8, 4) is 6.01 Å². The Bertz CT molecular complexity index is 608. The van der Waals surface area contributed by atoms with Crippen LogP contribution in [-0.4, -0.2) is 28.0 Å². The van der Waals surface area contributed by atoms with Gasteiger partial charge in [0.25, 0.3) is 0 Å². The van der Waals surface area contributed by atoms with Crippen LogP contribution in [0.25, 0.3) is 0 Å². The van der Waals surface area contributed by atoms with Crippen LogP contribution < -0.4 is 15.8 Å². The average molecular weight is 294 g/mol. The molecule has 0 saturated carbocycles. The van der Waals surface area contributed by atoms with E-state index in [9.17, 15) is 4.79 Å². The molecule has 104 valence electrons. The Morgan fingerprint density at radius 3 is 2.60 bits per heavy atom.